The average Bonchev–Trinajstić information content (AvgIpc) is 3.09. The molecule has 18 nitrogen and oxygen atoms in total. The van der Waals surface area contributed by atoms with Gasteiger partial charge >= 0.3 is 21.1 Å². The lowest BCUT2D eigenvalue weighted by Gasteiger charge is -2.38. The SMILES string of the molecule is O=c1nc([O-])ccn1[C@@H]1O[C@H](COP(=O)(O)OP(=O)(O)CO[C@H]2O[C@H](CO)[C@@H](O)[C@H](O)[C@H]2F)[C@@H](O)[C@H]1O. The van der Waals surface area contributed by atoms with E-state index in [1.54, 1.807) is 0 Å². The van der Waals surface area contributed by atoms with Gasteiger partial charge in [0.15, 0.2) is 25.0 Å². The van der Waals surface area contributed by atoms with Crippen LogP contribution in [0.4, 0.5) is 4.39 Å². The highest BCUT2D eigenvalue weighted by Gasteiger charge is 2.48. The van der Waals surface area contributed by atoms with Crippen LogP contribution >= 0.6 is 15.4 Å². The summed E-state index contributed by atoms with van der Waals surface area (Å²) in [5.41, 5.74) is -1.12. The van der Waals surface area contributed by atoms with Crippen LogP contribution in [0.5, 0.6) is 5.88 Å². The quantitative estimate of drug-likeness (QED) is 0.130. The van der Waals surface area contributed by atoms with Crippen LogP contribution in [0.3, 0.4) is 0 Å². The monoisotopic (exact) mass is 581 g/mol. The van der Waals surface area contributed by atoms with Crippen LogP contribution in [-0.2, 0) is 32.2 Å². The van der Waals surface area contributed by atoms with Gasteiger partial charge in [0.2, 0.25) is 0 Å². The van der Waals surface area contributed by atoms with Gasteiger partial charge in [-0.2, -0.15) is 0 Å². The first-order valence-corrected chi connectivity index (χ1v) is 13.6. The molecule has 2 aliphatic heterocycles. The number of alkyl halides is 1. The average molecular weight is 581 g/mol. The minimum absolute atomic E-state index is 0.673. The van der Waals surface area contributed by atoms with Crippen molar-refractivity contribution in [2.75, 3.05) is 19.6 Å². The van der Waals surface area contributed by atoms with Crippen molar-refractivity contribution in [2.24, 2.45) is 0 Å². The van der Waals surface area contributed by atoms with Gasteiger partial charge in [0.05, 0.1) is 13.2 Å². The van der Waals surface area contributed by atoms with Crippen molar-refractivity contribution in [3.63, 3.8) is 0 Å². The van der Waals surface area contributed by atoms with Gasteiger partial charge in [-0.05, 0) is 11.9 Å². The summed E-state index contributed by atoms with van der Waals surface area (Å²) in [6, 6.07) is 0.876. The van der Waals surface area contributed by atoms with Crippen LogP contribution in [0.1, 0.15) is 6.23 Å². The topological polar surface area (TPSA) is 280 Å². The van der Waals surface area contributed by atoms with Crippen molar-refractivity contribution < 1.29 is 77.0 Å². The van der Waals surface area contributed by atoms with Gasteiger partial charge < -0.3 is 54.6 Å². The number of nitrogens with zero attached hydrogens (tertiary/aromatic N) is 2. The lowest BCUT2D eigenvalue weighted by molar-refractivity contribution is -0.282. The molecule has 3 rings (SSSR count). The number of halogens is 1. The highest BCUT2D eigenvalue weighted by atomic mass is 31.3. The molecule has 11 atom stereocenters. The number of hydrogen-bond donors (Lipinski definition) is 7. The maximum Gasteiger partial charge on any atom is 0.479 e. The first-order valence-electron chi connectivity index (χ1n) is 10.3. The highest BCUT2D eigenvalue weighted by molar-refractivity contribution is 7.63. The molecular weight excluding hydrogens is 557 g/mol. The predicted octanol–water partition coefficient (Wildman–Crippen LogP) is -3.99. The van der Waals surface area contributed by atoms with Gasteiger partial charge in [-0.15, -0.1) is 0 Å². The number of hydrogen-bond acceptors (Lipinski definition) is 15. The van der Waals surface area contributed by atoms with Gasteiger partial charge in [-0.1, -0.05) is 0 Å². The van der Waals surface area contributed by atoms with E-state index >= 15 is 0 Å². The first kappa shape index (κ1) is 30.1. The largest absolute Gasteiger partial charge is 0.858 e. The lowest BCUT2D eigenvalue weighted by Crippen LogP contribution is -2.57. The Morgan fingerprint density at radius 1 is 1.08 bits per heavy atom. The summed E-state index contributed by atoms with van der Waals surface area (Å²) < 4.78 is 62.5. The molecule has 2 aliphatic rings. The molecule has 0 saturated carbocycles. The second-order valence-corrected chi connectivity index (χ2v) is 11.3. The summed E-state index contributed by atoms with van der Waals surface area (Å²) in [6.45, 7) is -1.87. The summed E-state index contributed by atoms with van der Waals surface area (Å²) in [5, 5.41) is 59.6. The fraction of sp³-hybridized carbons (Fsp3) is 0.750. The fourth-order valence-corrected chi connectivity index (χ4v) is 5.75. The molecule has 212 valence electrons. The number of phosphoric ester groups is 1. The van der Waals surface area contributed by atoms with Crippen LogP contribution in [0, 0.1) is 0 Å². The molecular formula is C16H24FN2O16P2-. The van der Waals surface area contributed by atoms with E-state index in [0.29, 0.717) is 4.57 Å². The van der Waals surface area contributed by atoms with Crippen molar-refractivity contribution in [2.45, 2.75) is 55.3 Å². The Balaban J connectivity index is 1.56. The standard InChI is InChI=1S/C16H25FN2O16P2/c17-9-12(24)10(22)6(3-20)34-15(9)31-5-36(27,28)35-37(29,30)32-4-7-11(23)13(25)14(33-7)19-2-1-8(21)18-16(19)26/h1-2,6-7,9-15,20,22-25H,3-5H2,(H,27,28)(H,29,30)(H,18,21,26)/p-1/t6-,7-,9-,10-,11-,12-,13-,14-,15+/m1/s1. The lowest BCUT2D eigenvalue weighted by atomic mass is 10.0. The van der Waals surface area contributed by atoms with Crippen molar-refractivity contribution in [3.05, 3.63) is 22.7 Å². The molecule has 0 spiro atoms. The Bertz CT molecular complexity index is 1090. The van der Waals surface area contributed by atoms with Crippen molar-refractivity contribution in [1.82, 2.24) is 9.55 Å². The molecule has 1 aromatic heterocycles. The zero-order valence-electron chi connectivity index (χ0n) is 18.4. The number of rotatable bonds is 10. The van der Waals surface area contributed by atoms with E-state index < -0.39 is 102 Å². The number of phosphoric acid groups is 1. The normalized spacial score (nSPS) is 37.7. The van der Waals surface area contributed by atoms with E-state index in [9.17, 15) is 53.6 Å². The molecule has 0 aromatic carbocycles. The number of aliphatic hydroxyl groups is 5. The second-order valence-electron chi connectivity index (χ2n) is 7.93. The second kappa shape index (κ2) is 11.8. The highest BCUT2D eigenvalue weighted by Crippen LogP contribution is 2.60. The van der Waals surface area contributed by atoms with Crippen LogP contribution in [0.15, 0.2) is 17.1 Å². The van der Waals surface area contributed by atoms with Crippen LogP contribution in [0.25, 0.3) is 0 Å². The zero-order valence-corrected chi connectivity index (χ0v) is 20.2. The molecule has 2 unspecified atom stereocenters. The maximum absolute atomic E-state index is 14.1. The Labute approximate surface area is 206 Å². The fourth-order valence-electron chi connectivity index (χ4n) is 3.41. The van der Waals surface area contributed by atoms with E-state index in [0.717, 1.165) is 12.3 Å². The number of ether oxygens (including phenoxy) is 3. The summed E-state index contributed by atoms with van der Waals surface area (Å²) in [6.07, 6.45) is -17.1. The van der Waals surface area contributed by atoms with E-state index in [1.807, 2.05) is 0 Å². The third kappa shape index (κ3) is 7.17. The Morgan fingerprint density at radius 2 is 1.73 bits per heavy atom. The summed E-state index contributed by atoms with van der Waals surface area (Å²) in [4.78, 5) is 34.5. The van der Waals surface area contributed by atoms with Gasteiger partial charge in [-0.3, -0.25) is 13.7 Å². The summed E-state index contributed by atoms with van der Waals surface area (Å²) in [7, 11) is -10.6. The molecule has 3 heterocycles. The van der Waals surface area contributed by atoms with E-state index in [-0.39, 0.29) is 0 Å². The summed E-state index contributed by atoms with van der Waals surface area (Å²) >= 11 is 0. The van der Waals surface area contributed by atoms with E-state index in [1.165, 1.54) is 0 Å². The van der Waals surface area contributed by atoms with Crippen molar-refractivity contribution >= 4 is 15.4 Å². The third-order valence-electron chi connectivity index (χ3n) is 5.26. The van der Waals surface area contributed by atoms with E-state index in [2.05, 4.69) is 18.6 Å². The molecule has 0 bridgehead atoms. The Morgan fingerprint density at radius 3 is 2.35 bits per heavy atom. The molecule has 2 saturated heterocycles. The number of aliphatic hydroxyl groups excluding tert-OH is 5. The zero-order chi connectivity index (χ0) is 27.7. The van der Waals surface area contributed by atoms with Crippen LogP contribution in [0.2, 0.25) is 0 Å². The number of aromatic nitrogens is 2. The predicted molar refractivity (Wildman–Crippen MR) is 109 cm³/mol. The minimum Gasteiger partial charge on any atom is -0.858 e. The first-order chi connectivity index (χ1) is 17.2. The van der Waals surface area contributed by atoms with Crippen LogP contribution in [-0.4, -0.2) is 114 Å². The molecule has 37 heavy (non-hydrogen) atoms. The minimum atomic E-state index is -5.40. The molecule has 0 aliphatic carbocycles. The Hall–Kier alpha value is -1.41. The molecule has 2 fully saturated rings. The summed E-state index contributed by atoms with van der Waals surface area (Å²) in [5.74, 6) is -0.871. The van der Waals surface area contributed by atoms with E-state index in [4.69, 9.17) is 14.6 Å². The van der Waals surface area contributed by atoms with Gasteiger partial charge in [0.1, 0.15) is 36.6 Å². The van der Waals surface area contributed by atoms with Gasteiger partial charge in [-0.25, -0.2) is 23.0 Å². The van der Waals surface area contributed by atoms with Crippen LogP contribution < -0.4 is 10.8 Å². The molecule has 0 amide bonds. The molecule has 0 radical (unpaired) electrons. The molecule has 7 N–H and O–H groups in total. The molecule has 1 aromatic rings. The van der Waals surface area contributed by atoms with Gasteiger partial charge in [0.25, 0.3) is 0 Å². The Kier molecular flexibility index (Phi) is 9.58. The molecule has 21 heteroatoms. The smallest absolute Gasteiger partial charge is 0.479 e. The third-order valence-corrected chi connectivity index (χ3v) is 8.05. The van der Waals surface area contributed by atoms with Gasteiger partial charge in [0, 0.05) is 6.20 Å². The maximum atomic E-state index is 14.1. The van der Waals surface area contributed by atoms with Crippen molar-refractivity contribution in [1.29, 1.82) is 0 Å². The van der Waals surface area contributed by atoms with Crippen molar-refractivity contribution in [3.8, 4) is 5.88 Å².